The minimum Gasteiger partial charge on any atom is -0.338 e. The molecule has 0 unspecified atom stereocenters. The first kappa shape index (κ1) is 12.6. The van der Waals surface area contributed by atoms with Crippen molar-refractivity contribution in [3.8, 4) is 11.4 Å². The van der Waals surface area contributed by atoms with E-state index in [1.165, 1.54) is 0 Å². The van der Waals surface area contributed by atoms with E-state index < -0.39 is 10.0 Å². The fourth-order valence-electron chi connectivity index (χ4n) is 1.93. The third-order valence-electron chi connectivity index (χ3n) is 2.72. The fourth-order valence-corrected chi connectivity index (χ4v) is 2.48. The number of pyridine rings is 1. The van der Waals surface area contributed by atoms with Gasteiger partial charge in [0.05, 0.1) is 23.0 Å². The second-order valence-corrected chi connectivity index (χ2v) is 6.18. The molecule has 6 nitrogen and oxygen atoms in total. The van der Waals surface area contributed by atoms with Gasteiger partial charge in [-0.3, -0.25) is 9.71 Å². The molecular weight excluding hydrogens is 276 g/mol. The monoisotopic (exact) mass is 288 g/mol. The molecule has 0 spiro atoms. The lowest BCUT2D eigenvalue weighted by atomic mass is 10.3. The number of imidazole rings is 1. The van der Waals surface area contributed by atoms with Crippen LogP contribution in [-0.2, 0) is 10.0 Å². The largest absolute Gasteiger partial charge is 0.338 e. The highest BCUT2D eigenvalue weighted by Crippen LogP contribution is 2.22. The molecule has 0 saturated heterocycles. The van der Waals surface area contributed by atoms with Crippen LogP contribution in [0.25, 0.3) is 22.4 Å². The Morgan fingerprint density at radius 3 is 2.80 bits per heavy atom. The number of benzene rings is 1. The number of anilines is 1. The van der Waals surface area contributed by atoms with Crippen LogP contribution in [0, 0.1) is 0 Å². The van der Waals surface area contributed by atoms with Crippen molar-refractivity contribution in [2.24, 2.45) is 0 Å². The quantitative estimate of drug-likeness (QED) is 0.771. The van der Waals surface area contributed by atoms with Crippen molar-refractivity contribution in [3.63, 3.8) is 0 Å². The number of rotatable bonds is 3. The number of H-pyrrole nitrogens is 1. The molecule has 0 amide bonds. The molecule has 2 N–H and O–H groups in total. The summed E-state index contributed by atoms with van der Waals surface area (Å²) in [5, 5.41) is 0. The summed E-state index contributed by atoms with van der Waals surface area (Å²) in [5.41, 5.74) is 2.91. The Balaban J connectivity index is 2.04. The van der Waals surface area contributed by atoms with Crippen LogP contribution in [0.15, 0.2) is 42.7 Å². The first-order valence-corrected chi connectivity index (χ1v) is 7.78. The molecule has 3 aromatic rings. The van der Waals surface area contributed by atoms with Crippen LogP contribution < -0.4 is 4.72 Å². The van der Waals surface area contributed by atoms with E-state index in [0.717, 1.165) is 22.9 Å². The van der Waals surface area contributed by atoms with Crippen molar-refractivity contribution in [1.29, 1.82) is 0 Å². The molecule has 0 radical (unpaired) electrons. The summed E-state index contributed by atoms with van der Waals surface area (Å²) in [6.45, 7) is 0. The Bertz CT molecular complexity index is 856. The maximum atomic E-state index is 11.2. The van der Waals surface area contributed by atoms with E-state index in [1.807, 2.05) is 12.1 Å². The van der Waals surface area contributed by atoms with Crippen molar-refractivity contribution < 1.29 is 8.42 Å². The molecule has 20 heavy (non-hydrogen) atoms. The molecule has 7 heteroatoms. The summed E-state index contributed by atoms with van der Waals surface area (Å²) in [6.07, 6.45) is 4.53. The molecule has 0 bridgehead atoms. The standard InChI is InChI=1S/C13H12N4O2S/c1-20(18,19)17-10-4-5-11-12(7-10)16-13(15-11)9-3-2-6-14-8-9/h2-8,17H,1H3,(H,15,16). The third kappa shape index (κ3) is 2.62. The summed E-state index contributed by atoms with van der Waals surface area (Å²) in [5.74, 6) is 0.699. The Labute approximate surface area is 115 Å². The minimum absolute atomic E-state index is 0.501. The van der Waals surface area contributed by atoms with Gasteiger partial charge in [-0.15, -0.1) is 0 Å². The maximum Gasteiger partial charge on any atom is 0.229 e. The summed E-state index contributed by atoms with van der Waals surface area (Å²) in [6, 6.07) is 8.89. The average molecular weight is 288 g/mol. The van der Waals surface area contributed by atoms with Crippen LogP contribution in [-0.4, -0.2) is 29.6 Å². The maximum absolute atomic E-state index is 11.2. The number of sulfonamides is 1. The van der Waals surface area contributed by atoms with Crippen molar-refractivity contribution in [1.82, 2.24) is 15.0 Å². The Hall–Kier alpha value is -2.41. The molecule has 2 heterocycles. The van der Waals surface area contributed by atoms with Gasteiger partial charge in [0.15, 0.2) is 0 Å². The molecule has 2 aromatic heterocycles. The first-order valence-electron chi connectivity index (χ1n) is 5.89. The van der Waals surface area contributed by atoms with E-state index in [2.05, 4.69) is 19.7 Å². The van der Waals surface area contributed by atoms with Crippen molar-refractivity contribution >= 4 is 26.7 Å². The second kappa shape index (κ2) is 4.61. The molecule has 0 aliphatic carbocycles. The SMILES string of the molecule is CS(=O)(=O)Nc1ccc2nc(-c3cccnc3)[nH]c2c1. The van der Waals surface area contributed by atoms with Crippen LogP contribution in [0.4, 0.5) is 5.69 Å². The van der Waals surface area contributed by atoms with E-state index in [4.69, 9.17) is 0 Å². The minimum atomic E-state index is -3.29. The molecule has 3 rings (SSSR count). The summed E-state index contributed by atoms with van der Waals surface area (Å²) in [7, 11) is -3.29. The molecule has 0 saturated carbocycles. The second-order valence-electron chi connectivity index (χ2n) is 4.43. The van der Waals surface area contributed by atoms with Gasteiger partial charge in [-0.25, -0.2) is 13.4 Å². The first-order chi connectivity index (χ1) is 9.51. The van der Waals surface area contributed by atoms with E-state index in [-0.39, 0.29) is 0 Å². The average Bonchev–Trinajstić information content (AvgIpc) is 2.81. The number of aromatic amines is 1. The summed E-state index contributed by atoms with van der Waals surface area (Å²) < 4.78 is 24.9. The van der Waals surface area contributed by atoms with Gasteiger partial charge in [-0.2, -0.15) is 0 Å². The number of nitrogens with zero attached hydrogens (tertiary/aromatic N) is 2. The fraction of sp³-hybridized carbons (Fsp3) is 0.0769. The highest BCUT2D eigenvalue weighted by atomic mass is 32.2. The van der Waals surface area contributed by atoms with Gasteiger partial charge in [0.25, 0.3) is 0 Å². The van der Waals surface area contributed by atoms with Crippen molar-refractivity contribution in [2.45, 2.75) is 0 Å². The molecule has 0 aliphatic heterocycles. The van der Waals surface area contributed by atoms with E-state index >= 15 is 0 Å². The number of hydrogen-bond acceptors (Lipinski definition) is 4. The number of nitrogens with one attached hydrogen (secondary N) is 2. The molecule has 1 aromatic carbocycles. The van der Waals surface area contributed by atoms with Crippen molar-refractivity contribution in [2.75, 3.05) is 11.0 Å². The Morgan fingerprint density at radius 2 is 2.10 bits per heavy atom. The normalized spacial score (nSPS) is 11.7. The molecule has 0 aliphatic rings. The van der Waals surface area contributed by atoms with Crippen LogP contribution in [0.2, 0.25) is 0 Å². The predicted molar refractivity (Wildman–Crippen MR) is 77.8 cm³/mol. The van der Waals surface area contributed by atoms with Gasteiger partial charge in [0.2, 0.25) is 10.0 Å². The summed E-state index contributed by atoms with van der Waals surface area (Å²) >= 11 is 0. The summed E-state index contributed by atoms with van der Waals surface area (Å²) in [4.78, 5) is 11.6. The number of hydrogen-bond donors (Lipinski definition) is 2. The molecule has 0 atom stereocenters. The predicted octanol–water partition coefficient (Wildman–Crippen LogP) is 2.00. The Morgan fingerprint density at radius 1 is 1.25 bits per heavy atom. The van der Waals surface area contributed by atoms with E-state index in [9.17, 15) is 8.42 Å². The lowest BCUT2D eigenvalue weighted by Gasteiger charge is -2.02. The Kier molecular flexibility index (Phi) is 2.90. The van der Waals surface area contributed by atoms with Gasteiger partial charge in [0.1, 0.15) is 5.82 Å². The zero-order valence-corrected chi connectivity index (χ0v) is 11.5. The molecule has 102 valence electrons. The third-order valence-corrected chi connectivity index (χ3v) is 3.33. The van der Waals surface area contributed by atoms with Crippen LogP contribution in [0.1, 0.15) is 0 Å². The van der Waals surface area contributed by atoms with Gasteiger partial charge < -0.3 is 4.98 Å². The lowest BCUT2D eigenvalue weighted by molar-refractivity contribution is 0.607. The van der Waals surface area contributed by atoms with Gasteiger partial charge >= 0.3 is 0 Å². The van der Waals surface area contributed by atoms with E-state index in [0.29, 0.717) is 11.5 Å². The number of fused-ring (bicyclic) bond motifs is 1. The highest BCUT2D eigenvalue weighted by Gasteiger charge is 2.07. The zero-order valence-electron chi connectivity index (χ0n) is 10.7. The molecule has 0 fully saturated rings. The zero-order chi connectivity index (χ0) is 14.2. The van der Waals surface area contributed by atoms with Gasteiger partial charge in [-0.05, 0) is 30.3 Å². The molecular formula is C13H12N4O2S. The smallest absolute Gasteiger partial charge is 0.229 e. The number of aromatic nitrogens is 3. The van der Waals surface area contributed by atoms with Gasteiger partial charge in [-0.1, -0.05) is 0 Å². The van der Waals surface area contributed by atoms with Gasteiger partial charge in [0, 0.05) is 18.0 Å². The van der Waals surface area contributed by atoms with Crippen molar-refractivity contribution in [3.05, 3.63) is 42.7 Å². The van der Waals surface area contributed by atoms with E-state index in [1.54, 1.807) is 30.6 Å². The van der Waals surface area contributed by atoms with Crippen LogP contribution >= 0.6 is 0 Å². The lowest BCUT2D eigenvalue weighted by Crippen LogP contribution is -2.09. The highest BCUT2D eigenvalue weighted by molar-refractivity contribution is 7.92. The van der Waals surface area contributed by atoms with Crippen LogP contribution in [0.3, 0.4) is 0 Å². The van der Waals surface area contributed by atoms with Crippen LogP contribution in [0.5, 0.6) is 0 Å². The topological polar surface area (TPSA) is 87.7 Å².